The molecule has 0 unspecified atom stereocenters. The highest BCUT2D eigenvalue weighted by molar-refractivity contribution is 6.31. The van der Waals surface area contributed by atoms with Gasteiger partial charge in [0.1, 0.15) is 11.5 Å². The Morgan fingerprint density at radius 1 is 1.33 bits per heavy atom. The van der Waals surface area contributed by atoms with Gasteiger partial charge in [-0.15, -0.1) is 0 Å². The van der Waals surface area contributed by atoms with Gasteiger partial charge in [0.15, 0.2) is 0 Å². The van der Waals surface area contributed by atoms with E-state index in [0.717, 1.165) is 25.2 Å². The largest absolute Gasteiger partial charge is 0.363 e. The number of hydrogen-bond donors (Lipinski definition) is 0. The minimum Gasteiger partial charge on any atom is -0.363 e. The van der Waals surface area contributed by atoms with E-state index in [9.17, 15) is 14.5 Å². The van der Waals surface area contributed by atoms with Crippen molar-refractivity contribution in [3.63, 3.8) is 0 Å². The molecule has 0 N–H and O–H groups in total. The lowest BCUT2D eigenvalue weighted by Crippen LogP contribution is -2.44. The third kappa shape index (κ3) is 2.54. The number of anilines is 1. The molecule has 0 atom stereocenters. The molecule has 0 saturated carbocycles. The summed E-state index contributed by atoms with van der Waals surface area (Å²) >= 11 is 5.59. The summed E-state index contributed by atoms with van der Waals surface area (Å²) in [5, 5.41) is 10.8. The normalized spacial score (nSPS) is 16.9. The Morgan fingerprint density at radius 2 is 1.94 bits per heavy atom. The molecule has 2 rings (SSSR count). The van der Waals surface area contributed by atoms with Gasteiger partial charge in [0, 0.05) is 38.3 Å². The van der Waals surface area contributed by atoms with Crippen molar-refractivity contribution < 1.29 is 9.31 Å². The number of nitro groups is 1. The molecule has 1 aliphatic heterocycles. The molecule has 1 aromatic carbocycles. The third-order valence-corrected chi connectivity index (χ3v) is 3.35. The lowest BCUT2D eigenvalue weighted by Gasteiger charge is -2.33. The average molecular weight is 274 g/mol. The fourth-order valence-electron chi connectivity index (χ4n) is 1.97. The van der Waals surface area contributed by atoms with Gasteiger partial charge < -0.3 is 9.80 Å². The van der Waals surface area contributed by atoms with Gasteiger partial charge >= 0.3 is 0 Å². The minimum atomic E-state index is -0.629. The Kier molecular flexibility index (Phi) is 3.68. The van der Waals surface area contributed by atoms with E-state index in [4.69, 9.17) is 11.6 Å². The molecule has 0 spiro atoms. The van der Waals surface area contributed by atoms with Crippen LogP contribution in [0.1, 0.15) is 0 Å². The summed E-state index contributed by atoms with van der Waals surface area (Å²) in [5.74, 6) is -0.629. The molecular formula is C11H13ClFN3O2. The van der Waals surface area contributed by atoms with Crippen molar-refractivity contribution in [1.29, 1.82) is 0 Å². The van der Waals surface area contributed by atoms with Gasteiger partial charge in [-0.05, 0) is 7.05 Å². The number of likely N-dealkylation sites (N-methyl/N-ethyl adjacent to an activating group) is 1. The molecule has 1 saturated heterocycles. The highest BCUT2D eigenvalue weighted by Crippen LogP contribution is 2.33. The predicted octanol–water partition coefficient (Wildman–Crippen LogP) is 2.14. The van der Waals surface area contributed by atoms with Crippen molar-refractivity contribution in [2.24, 2.45) is 0 Å². The van der Waals surface area contributed by atoms with E-state index in [-0.39, 0.29) is 10.7 Å². The molecule has 7 heteroatoms. The second-order valence-corrected chi connectivity index (χ2v) is 4.71. The van der Waals surface area contributed by atoms with Crippen molar-refractivity contribution in [3.8, 4) is 0 Å². The number of piperazine rings is 1. The van der Waals surface area contributed by atoms with Crippen LogP contribution >= 0.6 is 11.6 Å². The van der Waals surface area contributed by atoms with E-state index in [2.05, 4.69) is 4.90 Å². The number of halogens is 2. The highest BCUT2D eigenvalue weighted by Gasteiger charge is 2.24. The van der Waals surface area contributed by atoms with Crippen LogP contribution in [0.5, 0.6) is 0 Å². The maximum Gasteiger partial charge on any atom is 0.294 e. The van der Waals surface area contributed by atoms with Gasteiger partial charge in [0.25, 0.3) is 5.69 Å². The van der Waals surface area contributed by atoms with Crippen LogP contribution in [0.4, 0.5) is 15.8 Å². The molecule has 1 heterocycles. The van der Waals surface area contributed by atoms with Crippen molar-refractivity contribution in [1.82, 2.24) is 4.90 Å². The second-order valence-electron chi connectivity index (χ2n) is 4.30. The molecule has 0 radical (unpaired) electrons. The Balaban J connectivity index is 2.36. The van der Waals surface area contributed by atoms with Crippen LogP contribution in [0.15, 0.2) is 12.1 Å². The van der Waals surface area contributed by atoms with E-state index in [1.54, 1.807) is 0 Å². The van der Waals surface area contributed by atoms with Crippen LogP contribution in [-0.4, -0.2) is 43.0 Å². The Hall–Kier alpha value is -1.40. The lowest BCUT2D eigenvalue weighted by atomic mass is 10.2. The van der Waals surface area contributed by atoms with Crippen molar-refractivity contribution in [2.45, 2.75) is 0 Å². The van der Waals surface area contributed by atoms with E-state index < -0.39 is 10.7 Å². The topological polar surface area (TPSA) is 49.6 Å². The van der Waals surface area contributed by atoms with E-state index in [1.807, 2.05) is 11.9 Å². The monoisotopic (exact) mass is 273 g/mol. The molecule has 0 aromatic heterocycles. The number of hydrogen-bond acceptors (Lipinski definition) is 4. The Bertz CT molecular complexity index is 476. The SMILES string of the molecule is CN1CCN(c2cc(F)c(Cl)cc2[N+](=O)[O-])CC1. The van der Waals surface area contributed by atoms with E-state index in [1.165, 1.54) is 0 Å². The fraction of sp³-hybridized carbons (Fsp3) is 0.455. The van der Waals surface area contributed by atoms with Crippen LogP contribution in [0.3, 0.4) is 0 Å². The van der Waals surface area contributed by atoms with E-state index in [0.29, 0.717) is 18.8 Å². The summed E-state index contributed by atoms with van der Waals surface area (Å²) in [6.07, 6.45) is 0. The standard InChI is InChI=1S/C11H13ClFN3O2/c1-14-2-4-15(5-3-14)10-7-9(13)8(12)6-11(10)16(17)18/h6-7H,2-5H2,1H3. The zero-order valence-electron chi connectivity index (χ0n) is 9.90. The summed E-state index contributed by atoms with van der Waals surface area (Å²) in [5.41, 5.74) is 0.154. The average Bonchev–Trinajstić information content (AvgIpc) is 2.33. The molecule has 98 valence electrons. The minimum absolute atomic E-state index is 0.147. The predicted molar refractivity (Wildman–Crippen MR) is 67.8 cm³/mol. The summed E-state index contributed by atoms with van der Waals surface area (Å²) < 4.78 is 13.5. The Labute approximate surface area is 109 Å². The quantitative estimate of drug-likeness (QED) is 0.612. The van der Waals surface area contributed by atoms with Gasteiger partial charge in [-0.25, -0.2) is 4.39 Å². The summed E-state index contributed by atoms with van der Waals surface area (Å²) in [7, 11) is 1.98. The molecule has 1 fully saturated rings. The van der Waals surface area contributed by atoms with Gasteiger partial charge in [-0.2, -0.15) is 0 Å². The number of benzene rings is 1. The molecule has 0 amide bonds. The molecule has 18 heavy (non-hydrogen) atoms. The van der Waals surface area contributed by atoms with Gasteiger partial charge in [0.2, 0.25) is 0 Å². The first kappa shape index (κ1) is 13.0. The summed E-state index contributed by atoms with van der Waals surface area (Å²) in [4.78, 5) is 14.4. The maximum atomic E-state index is 13.5. The Morgan fingerprint density at radius 3 is 2.50 bits per heavy atom. The second kappa shape index (κ2) is 5.07. The number of rotatable bonds is 2. The molecule has 5 nitrogen and oxygen atoms in total. The van der Waals surface area contributed by atoms with Gasteiger partial charge in [-0.3, -0.25) is 10.1 Å². The third-order valence-electron chi connectivity index (χ3n) is 3.06. The first-order valence-electron chi connectivity index (χ1n) is 5.56. The van der Waals surface area contributed by atoms with Crippen LogP contribution in [0, 0.1) is 15.9 Å². The van der Waals surface area contributed by atoms with Crippen LogP contribution < -0.4 is 4.90 Å². The first-order chi connectivity index (χ1) is 8.49. The first-order valence-corrected chi connectivity index (χ1v) is 5.94. The van der Waals surface area contributed by atoms with Gasteiger partial charge in [-0.1, -0.05) is 11.6 Å². The van der Waals surface area contributed by atoms with Crippen LogP contribution in [0.2, 0.25) is 5.02 Å². The number of nitro benzene ring substituents is 1. The van der Waals surface area contributed by atoms with Crippen LogP contribution in [-0.2, 0) is 0 Å². The van der Waals surface area contributed by atoms with Crippen molar-refractivity contribution in [3.05, 3.63) is 33.1 Å². The number of nitrogens with zero attached hydrogens (tertiary/aromatic N) is 3. The molecule has 0 bridgehead atoms. The maximum absolute atomic E-state index is 13.5. The zero-order chi connectivity index (χ0) is 13.3. The molecule has 1 aromatic rings. The fourth-order valence-corrected chi connectivity index (χ4v) is 2.13. The van der Waals surface area contributed by atoms with Crippen molar-refractivity contribution >= 4 is 23.0 Å². The molecule has 0 aliphatic carbocycles. The summed E-state index contributed by atoms with van der Waals surface area (Å²) in [6.45, 7) is 2.86. The highest BCUT2D eigenvalue weighted by atomic mass is 35.5. The smallest absolute Gasteiger partial charge is 0.294 e. The van der Waals surface area contributed by atoms with E-state index >= 15 is 0 Å². The molecular weight excluding hydrogens is 261 g/mol. The molecule has 1 aliphatic rings. The van der Waals surface area contributed by atoms with Crippen LogP contribution in [0.25, 0.3) is 0 Å². The van der Waals surface area contributed by atoms with Gasteiger partial charge in [0.05, 0.1) is 9.95 Å². The zero-order valence-corrected chi connectivity index (χ0v) is 10.7. The van der Waals surface area contributed by atoms with Crippen molar-refractivity contribution in [2.75, 3.05) is 38.1 Å². The lowest BCUT2D eigenvalue weighted by molar-refractivity contribution is -0.384. The summed E-state index contributed by atoms with van der Waals surface area (Å²) in [6, 6.07) is 2.22.